The third kappa shape index (κ3) is 2.94. The Kier molecular flexibility index (Phi) is 3.23. The van der Waals surface area contributed by atoms with Gasteiger partial charge in [-0.15, -0.1) is 0 Å². The van der Waals surface area contributed by atoms with E-state index in [-0.39, 0.29) is 0 Å². The molecule has 15 heavy (non-hydrogen) atoms. The van der Waals surface area contributed by atoms with E-state index in [0.29, 0.717) is 6.61 Å². The van der Waals surface area contributed by atoms with Crippen molar-refractivity contribution in [3.8, 4) is 5.75 Å². The van der Waals surface area contributed by atoms with Gasteiger partial charge in [0.2, 0.25) is 0 Å². The summed E-state index contributed by atoms with van der Waals surface area (Å²) in [5, 5.41) is 9.93. The first-order valence-corrected chi connectivity index (χ1v) is 5.43. The van der Waals surface area contributed by atoms with Crippen LogP contribution in [0.5, 0.6) is 5.75 Å². The minimum absolute atomic E-state index is 0.395. The van der Waals surface area contributed by atoms with Crippen LogP contribution >= 0.6 is 0 Å². The molecular formula is C12H17NO2. The highest BCUT2D eigenvalue weighted by Gasteiger charge is 2.21. The number of nitrogens with zero attached hydrogens (tertiary/aromatic N) is 1. The topological polar surface area (TPSA) is 32.5 Å². The quantitative estimate of drug-likeness (QED) is 0.741. The lowest BCUT2D eigenvalue weighted by molar-refractivity contribution is 0.156. The van der Waals surface area contributed by atoms with E-state index in [1.165, 1.54) is 0 Å². The third-order valence-corrected chi connectivity index (χ3v) is 2.52. The van der Waals surface area contributed by atoms with Crippen molar-refractivity contribution in [2.45, 2.75) is 13.0 Å². The highest BCUT2D eigenvalue weighted by atomic mass is 16.5. The standard InChI is InChI=1S/C12H17NO2/c1-2-15-11-5-3-4-10(8-11)12(14)9-13-6-7-13/h3-5,8,12,14H,2,6-7,9H2,1H3. The number of rotatable bonds is 5. The minimum atomic E-state index is -0.395. The van der Waals surface area contributed by atoms with Crippen LogP contribution in [0.3, 0.4) is 0 Å². The summed E-state index contributed by atoms with van der Waals surface area (Å²) in [6.07, 6.45) is -0.395. The summed E-state index contributed by atoms with van der Waals surface area (Å²) in [6, 6.07) is 7.69. The number of benzene rings is 1. The molecule has 3 nitrogen and oxygen atoms in total. The molecule has 1 aromatic carbocycles. The zero-order valence-corrected chi connectivity index (χ0v) is 9.02. The predicted octanol–water partition coefficient (Wildman–Crippen LogP) is 1.43. The van der Waals surface area contributed by atoms with Crippen LogP contribution in [0.25, 0.3) is 0 Å². The fourth-order valence-electron chi connectivity index (χ4n) is 1.58. The third-order valence-electron chi connectivity index (χ3n) is 2.52. The number of aliphatic hydroxyl groups excluding tert-OH is 1. The van der Waals surface area contributed by atoms with Crippen LogP contribution < -0.4 is 4.74 Å². The second-order valence-corrected chi connectivity index (χ2v) is 3.82. The molecule has 3 heteroatoms. The van der Waals surface area contributed by atoms with Crippen molar-refractivity contribution in [2.75, 3.05) is 26.2 Å². The van der Waals surface area contributed by atoms with E-state index >= 15 is 0 Å². The Morgan fingerprint density at radius 1 is 1.47 bits per heavy atom. The van der Waals surface area contributed by atoms with Gasteiger partial charge in [0.1, 0.15) is 5.75 Å². The summed E-state index contributed by atoms with van der Waals surface area (Å²) in [4.78, 5) is 2.21. The zero-order valence-electron chi connectivity index (χ0n) is 9.02. The summed E-state index contributed by atoms with van der Waals surface area (Å²) < 4.78 is 5.39. The molecule has 1 fully saturated rings. The van der Waals surface area contributed by atoms with E-state index in [9.17, 15) is 5.11 Å². The van der Waals surface area contributed by atoms with E-state index in [4.69, 9.17) is 4.74 Å². The van der Waals surface area contributed by atoms with Crippen LogP contribution in [0, 0.1) is 0 Å². The van der Waals surface area contributed by atoms with Crippen molar-refractivity contribution in [1.29, 1.82) is 0 Å². The first-order valence-electron chi connectivity index (χ1n) is 5.43. The average Bonchev–Trinajstić information content (AvgIpc) is 3.03. The van der Waals surface area contributed by atoms with Gasteiger partial charge in [0, 0.05) is 19.6 Å². The van der Waals surface area contributed by atoms with Gasteiger partial charge in [-0.2, -0.15) is 0 Å². The van der Waals surface area contributed by atoms with E-state index in [0.717, 1.165) is 30.9 Å². The molecule has 0 saturated carbocycles. The fraction of sp³-hybridized carbons (Fsp3) is 0.500. The van der Waals surface area contributed by atoms with Crippen molar-refractivity contribution in [2.24, 2.45) is 0 Å². The van der Waals surface area contributed by atoms with Crippen LogP contribution in [0.15, 0.2) is 24.3 Å². The molecule has 1 heterocycles. The number of aliphatic hydroxyl groups is 1. The van der Waals surface area contributed by atoms with E-state index in [1.807, 2.05) is 31.2 Å². The van der Waals surface area contributed by atoms with Crippen molar-refractivity contribution >= 4 is 0 Å². The summed E-state index contributed by atoms with van der Waals surface area (Å²) in [7, 11) is 0. The van der Waals surface area contributed by atoms with E-state index < -0.39 is 6.10 Å². The molecule has 0 radical (unpaired) electrons. The molecular weight excluding hydrogens is 190 g/mol. The summed E-state index contributed by atoms with van der Waals surface area (Å²) in [6.45, 7) is 5.57. The largest absolute Gasteiger partial charge is 0.494 e. The Balaban J connectivity index is 2.01. The number of ether oxygens (including phenoxy) is 1. The Morgan fingerprint density at radius 2 is 2.27 bits per heavy atom. The lowest BCUT2D eigenvalue weighted by Crippen LogP contribution is -2.11. The maximum Gasteiger partial charge on any atom is 0.119 e. The lowest BCUT2D eigenvalue weighted by atomic mass is 10.1. The van der Waals surface area contributed by atoms with Gasteiger partial charge >= 0.3 is 0 Å². The molecule has 1 aliphatic heterocycles. The van der Waals surface area contributed by atoms with Gasteiger partial charge in [0.15, 0.2) is 0 Å². The molecule has 1 aromatic rings. The van der Waals surface area contributed by atoms with Gasteiger partial charge in [-0.1, -0.05) is 12.1 Å². The maximum absolute atomic E-state index is 9.93. The Bertz CT molecular complexity index is 323. The maximum atomic E-state index is 9.93. The monoisotopic (exact) mass is 207 g/mol. The highest BCUT2D eigenvalue weighted by Crippen LogP contribution is 2.21. The lowest BCUT2D eigenvalue weighted by Gasteiger charge is -2.12. The number of hydrogen-bond acceptors (Lipinski definition) is 3. The second kappa shape index (κ2) is 4.64. The first kappa shape index (κ1) is 10.5. The van der Waals surface area contributed by atoms with Gasteiger partial charge in [0.25, 0.3) is 0 Å². The van der Waals surface area contributed by atoms with Crippen LogP contribution in [0.1, 0.15) is 18.6 Å². The molecule has 1 aliphatic rings. The van der Waals surface area contributed by atoms with Gasteiger partial charge in [-0.3, -0.25) is 4.90 Å². The van der Waals surface area contributed by atoms with Crippen molar-refractivity contribution in [3.05, 3.63) is 29.8 Å². The Labute approximate surface area is 90.3 Å². The van der Waals surface area contributed by atoms with Crippen LogP contribution in [-0.2, 0) is 0 Å². The molecule has 0 aliphatic carbocycles. The molecule has 0 aromatic heterocycles. The molecule has 1 atom stereocenters. The number of β-amino-alcohol motifs (C(OH)–C–C–N with tert-alkyl or cyclic N) is 1. The summed E-state index contributed by atoms with van der Waals surface area (Å²) >= 11 is 0. The van der Waals surface area contributed by atoms with Gasteiger partial charge in [-0.05, 0) is 24.6 Å². The van der Waals surface area contributed by atoms with E-state index in [1.54, 1.807) is 0 Å². The first-order chi connectivity index (χ1) is 7.29. The fourth-order valence-corrected chi connectivity index (χ4v) is 1.58. The smallest absolute Gasteiger partial charge is 0.119 e. The van der Waals surface area contributed by atoms with Gasteiger partial charge < -0.3 is 9.84 Å². The predicted molar refractivity (Wildman–Crippen MR) is 59.0 cm³/mol. The van der Waals surface area contributed by atoms with Crippen molar-refractivity contribution in [3.63, 3.8) is 0 Å². The molecule has 0 amide bonds. The van der Waals surface area contributed by atoms with E-state index in [2.05, 4.69) is 4.90 Å². The summed E-state index contributed by atoms with van der Waals surface area (Å²) in [5.41, 5.74) is 0.938. The molecule has 82 valence electrons. The normalized spacial score (nSPS) is 17.5. The van der Waals surface area contributed by atoms with Gasteiger partial charge in [-0.25, -0.2) is 0 Å². The van der Waals surface area contributed by atoms with Crippen LogP contribution in [-0.4, -0.2) is 36.2 Å². The van der Waals surface area contributed by atoms with Crippen LogP contribution in [0.4, 0.5) is 0 Å². The van der Waals surface area contributed by atoms with Crippen molar-refractivity contribution < 1.29 is 9.84 Å². The molecule has 2 rings (SSSR count). The Hall–Kier alpha value is -1.06. The second-order valence-electron chi connectivity index (χ2n) is 3.82. The van der Waals surface area contributed by atoms with Crippen molar-refractivity contribution in [1.82, 2.24) is 4.90 Å². The van der Waals surface area contributed by atoms with Crippen LogP contribution in [0.2, 0.25) is 0 Å². The average molecular weight is 207 g/mol. The molecule has 0 spiro atoms. The molecule has 1 N–H and O–H groups in total. The SMILES string of the molecule is CCOc1cccc(C(O)CN2CC2)c1. The summed E-state index contributed by atoms with van der Waals surface area (Å²) in [5.74, 6) is 0.833. The molecule has 1 saturated heterocycles. The minimum Gasteiger partial charge on any atom is -0.494 e. The molecule has 0 bridgehead atoms. The number of hydrogen-bond donors (Lipinski definition) is 1. The highest BCUT2D eigenvalue weighted by molar-refractivity contribution is 5.30. The Morgan fingerprint density at radius 3 is 2.93 bits per heavy atom. The van der Waals surface area contributed by atoms with Gasteiger partial charge in [0.05, 0.1) is 12.7 Å². The molecule has 1 unspecified atom stereocenters. The zero-order chi connectivity index (χ0) is 10.7.